The van der Waals surface area contributed by atoms with Gasteiger partial charge in [-0.2, -0.15) is 0 Å². The van der Waals surface area contributed by atoms with Crippen LogP contribution in [0.5, 0.6) is 0 Å². The molecular weight excluding hydrogens is 537 g/mol. The van der Waals surface area contributed by atoms with Gasteiger partial charge in [-0.3, -0.25) is 19.4 Å². The highest BCUT2D eigenvalue weighted by atomic mass is 32.1. The van der Waals surface area contributed by atoms with Crippen LogP contribution < -0.4 is 10.2 Å². The molecular formula is C32H36FN5O2S. The molecule has 0 aromatic heterocycles. The van der Waals surface area contributed by atoms with Crippen LogP contribution in [0.4, 0.5) is 15.8 Å². The highest BCUT2D eigenvalue weighted by molar-refractivity contribution is 7.80. The Hall–Kier alpha value is -3.66. The van der Waals surface area contributed by atoms with Crippen LogP contribution in [0.3, 0.4) is 0 Å². The zero-order valence-electron chi connectivity index (χ0n) is 23.3. The highest BCUT2D eigenvalue weighted by Crippen LogP contribution is 2.28. The Balaban J connectivity index is 1.20. The van der Waals surface area contributed by atoms with Gasteiger partial charge in [-0.15, -0.1) is 0 Å². The fraction of sp³-hybridized carbons (Fsp3) is 0.344. The van der Waals surface area contributed by atoms with Gasteiger partial charge in [0.2, 0.25) is 5.91 Å². The van der Waals surface area contributed by atoms with Gasteiger partial charge in [0.1, 0.15) is 11.9 Å². The summed E-state index contributed by atoms with van der Waals surface area (Å²) >= 11 is 5.81. The number of amides is 2. The number of nitrogens with one attached hydrogen (secondary N) is 1. The minimum atomic E-state index is -0.702. The Morgan fingerprint density at radius 2 is 1.56 bits per heavy atom. The molecule has 3 aromatic carbocycles. The SMILES string of the molecule is Cc1ccc(N2C(=O)[C@@H](CC(=O)Nc3ccc(F)cc3)N(CCCN3CCN(Cc4ccccc4)CC3)C2=S)cc1. The number of hydrogen-bond donors (Lipinski definition) is 1. The van der Waals surface area contributed by atoms with Crippen LogP contribution >= 0.6 is 12.2 Å². The Morgan fingerprint density at radius 3 is 2.24 bits per heavy atom. The summed E-state index contributed by atoms with van der Waals surface area (Å²) in [6, 6.07) is 23.1. The molecule has 2 saturated heterocycles. The monoisotopic (exact) mass is 573 g/mol. The topological polar surface area (TPSA) is 59.1 Å². The molecule has 5 rings (SSSR count). The van der Waals surface area contributed by atoms with E-state index in [1.54, 1.807) is 4.90 Å². The van der Waals surface area contributed by atoms with E-state index < -0.39 is 6.04 Å². The molecule has 41 heavy (non-hydrogen) atoms. The third-order valence-corrected chi connectivity index (χ3v) is 8.12. The van der Waals surface area contributed by atoms with Crippen LogP contribution in [0.2, 0.25) is 0 Å². The van der Waals surface area contributed by atoms with E-state index in [1.165, 1.54) is 29.8 Å². The lowest BCUT2D eigenvalue weighted by Crippen LogP contribution is -2.47. The standard InChI is InChI=1S/C32H36FN5O2S/c1-24-8-14-28(15-9-24)38-31(40)29(22-30(39)34-27-12-10-26(33)11-13-27)37(32(38)41)17-5-16-35-18-20-36(21-19-35)23-25-6-3-2-4-7-25/h2-4,6-15,29H,5,16-23H2,1H3,(H,34,39)/t29-/m1/s1. The van der Waals surface area contributed by atoms with Crippen LogP contribution in [0.25, 0.3) is 0 Å². The average molecular weight is 574 g/mol. The zero-order valence-corrected chi connectivity index (χ0v) is 24.2. The number of benzene rings is 3. The van der Waals surface area contributed by atoms with Crippen molar-refractivity contribution in [3.05, 3.63) is 95.8 Å². The molecule has 2 aliphatic heterocycles. The smallest absolute Gasteiger partial charge is 0.256 e. The van der Waals surface area contributed by atoms with Crippen LogP contribution in [0.1, 0.15) is 24.0 Å². The van der Waals surface area contributed by atoms with Gasteiger partial charge < -0.3 is 15.1 Å². The van der Waals surface area contributed by atoms with Crippen molar-refractivity contribution < 1.29 is 14.0 Å². The molecule has 1 atom stereocenters. The molecule has 0 unspecified atom stereocenters. The predicted molar refractivity (Wildman–Crippen MR) is 164 cm³/mol. The van der Waals surface area contributed by atoms with Gasteiger partial charge >= 0.3 is 0 Å². The summed E-state index contributed by atoms with van der Waals surface area (Å²) in [7, 11) is 0. The maximum atomic E-state index is 13.6. The van der Waals surface area contributed by atoms with Crippen LogP contribution in [0.15, 0.2) is 78.9 Å². The fourth-order valence-electron chi connectivity index (χ4n) is 5.42. The minimum Gasteiger partial charge on any atom is -0.336 e. The van der Waals surface area contributed by atoms with Gasteiger partial charge in [0.05, 0.1) is 12.1 Å². The van der Waals surface area contributed by atoms with Crippen LogP contribution in [0, 0.1) is 12.7 Å². The molecule has 2 fully saturated rings. The first kappa shape index (κ1) is 28.9. The largest absolute Gasteiger partial charge is 0.336 e. The van der Waals surface area contributed by atoms with E-state index in [-0.39, 0.29) is 24.1 Å². The van der Waals surface area contributed by atoms with Crippen molar-refractivity contribution >= 4 is 40.5 Å². The van der Waals surface area contributed by atoms with E-state index in [9.17, 15) is 14.0 Å². The van der Waals surface area contributed by atoms with Gasteiger partial charge in [-0.25, -0.2) is 4.39 Å². The van der Waals surface area contributed by atoms with E-state index in [4.69, 9.17) is 12.2 Å². The van der Waals surface area contributed by atoms with Crippen molar-refractivity contribution in [2.45, 2.75) is 32.4 Å². The maximum Gasteiger partial charge on any atom is 0.256 e. The molecule has 0 bridgehead atoms. The number of nitrogens with zero attached hydrogens (tertiary/aromatic N) is 4. The van der Waals surface area contributed by atoms with Crippen molar-refractivity contribution in [1.82, 2.24) is 14.7 Å². The van der Waals surface area contributed by atoms with Crippen molar-refractivity contribution in [2.24, 2.45) is 0 Å². The van der Waals surface area contributed by atoms with E-state index in [1.807, 2.05) is 42.2 Å². The molecule has 0 saturated carbocycles. The molecule has 0 radical (unpaired) electrons. The average Bonchev–Trinajstić information content (AvgIpc) is 3.20. The third-order valence-electron chi connectivity index (χ3n) is 7.70. The maximum absolute atomic E-state index is 13.6. The van der Waals surface area contributed by atoms with Gasteiger partial charge in [-0.05, 0) is 74.1 Å². The summed E-state index contributed by atoms with van der Waals surface area (Å²) in [6.45, 7) is 8.45. The summed E-state index contributed by atoms with van der Waals surface area (Å²) in [4.78, 5) is 35.0. The normalized spacial score (nSPS) is 18.2. The van der Waals surface area contributed by atoms with E-state index >= 15 is 0 Å². The lowest BCUT2D eigenvalue weighted by atomic mass is 10.1. The van der Waals surface area contributed by atoms with Crippen LogP contribution in [-0.4, -0.2) is 76.9 Å². The molecule has 1 N–H and O–H groups in total. The van der Waals surface area contributed by atoms with Crippen molar-refractivity contribution in [1.29, 1.82) is 0 Å². The summed E-state index contributed by atoms with van der Waals surface area (Å²) < 4.78 is 13.3. The van der Waals surface area contributed by atoms with Gasteiger partial charge in [0.25, 0.3) is 5.91 Å². The quantitative estimate of drug-likeness (QED) is 0.356. The Bertz CT molecular complexity index is 1340. The predicted octanol–water partition coefficient (Wildman–Crippen LogP) is 4.67. The summed E-state index contributed by atoms with van der Waals surface area (Å²) in [5.41, 5.74) is 3.60. The second kappa shape index (κ2) is 13.3. The summed E-state index contributed by atoms with van der Waals surface area (Å²) in [6.07, 6.45) is 0.779. The third kappa shape index (κ3) is 7.35. The molecule has 214 valence electrons. The van der Waals surface area contributed by atoms with Crippen molar-refractivity contribution in [3.63, 3.8) is 0 Å². The number of hydrogen-bond acceptors (Lipinski definition) is 5. The molecule has 0 aliphatic carbocycles. The number of halogens is 1. The Morgan fingerprint density at radius 1 is 0.902 bits per heavy atom. The van der Waals surface area contributed by atoms with Gasteiger partial charge in [0.15, 0.2) is 5.11 Å². The van der Waals surface area contributed by atoms with E-state index in [0.29, 0.717) is 23.0 Å². The molecule has 2 aliphatic rings. The van der Waals surface area contributed by atoms with Crippen molar-refractivity contribution in [3.8, 4) is 0 Å². The number of aryl methyl sites for hydroxylation is 1. The molecule has 7 nitrogen and oxygen atoms in total. The van der Waals surface area contributed by atoms with Crippen molar-refractivity contribution in [2.75, 3.05) is 49.5 Å². The second-order valence-electron chi connectivity index (χ2n) is 10.7. The summed E-state index contributed by atoms with van der Waals surface area (Å²) in [5, 5.41) is 3.21. The first-order valence-electron chi connectivity index (χ1n) is 14.1. The molecule has 3 aromatic rings. The summed E-state index contributed by atoms with van der Waals surface area (Å²) in [5.74, 6) is -0.900. The second-order valence-corrected chi connectivity index (χ2v) is 11.1. The Kier molecular flexibility index (Phi) is 9.38. The number of anilines is 2. The highest BCUT2D eigenvalue weighted by Gasteiger charge is 2.43. The fourth-order valence-corrected chi connectivity index (χ4v) is 5.83. The minimum absolute atomic E-state index is 0.0448. The number of carbonyl (C=O) groups excluding carboxylic acids is 2. The Labute approximate surface area is 246 Å². The first-order valence-corrected chi connectivity index (χ1v) is 14.5. The lowest BCUT2D eigenvalue weighted by Gasteiger charge is -2.35. The zero-order chi connectivity index (χ0) is 28.8. The number of thiocarbonyl (C=S) groups is 1. The molecule has 2 amide bonds. The van der Waals surface area contributed by atoms with Crippen LogP contribution in [-0.2, 0) is 16.1 Å². The molecule has 2 heterocycles. The number of rotatable bonds is 10. The number of piperazine rings is 1. The van der Waals surface area contributed by atoms with E-state index in [0.717, 1.165) is 51.3 Å². The molecule has 9 heteroatoms. The van der Waals surface area contributed by atoms with E-state index in [2.05, 4.69) is 39.4 Å². The first-order chi connectivity index (χ1) is 19.9. The van der Waals surface area contributed by atoms with Gasteiger partial charge in [0, 0.05) is 45.0 Å². The van der Waals surface area contributed by atoms with Gasteiger partial charge in [-0.1, -0.05) is 48.0 Å². The number of carbonyl (C=O) groups is 2. The molecule has 0 spiro atoms. The lowest BCUT2D eigenvalue weighted by molar-refractivity contribution is -0.124.